The fourth-order valence-corrected chi connectivity index (χ4v) is 2.51. The Labute approximate surface area is 126 Å². The quantitative estimate of drug-likeness (QED) is 0.825. The van der Waals surface area contributed by atoms with E-state index in [9.17, 15) is 4.79 Å². The molecule has 2 rings (SSSR count). The summed E-state index contributed by atoms with van der Waals surface area (Å²) in [5.41, 5.74) is 2.18. The first kappa shape index (κ1) is 14.2. The molecule has 3 nitrogen and oxygen atoms in total. The molecule has 0 radical (unpaired) electrons. The van der Waals surface area contributed by atoms with Gasteiger partial charge in [0, 0.05) is 6.42 Å². The fraction of sp³-hybridized carbons (Fsp3) is 0.333. The maximum Gasteiger partial charge on any atom is 0.264 e. The summed E-state index contributed by atoms with van der Waals surface area (Å²) in [6.45, 7) is 2.10. The van der Waals surface area contributed by atoms with Crippen LogP contribution in [0.5, 0.6) is 0 Å². The number of nitrogens with one attached hydrogen (secondary N) is 1. The van der Waals surface area contributed by atoms with E-state index in [0.29, 0.717) is 0 Å². The van der Waals surface area contributed by atoms with E-state index >= 15 is 0 Å². The summed E-state index contributed by atoms with van der Waals surface area (Å²) in [5, 5.41) is 0. The van der Waals surface area contributed by atoms with E-state index in [4.69, 9.17) is 0 Å². The zero-order chi connectivity index (χ0) is 13.7. The second-order valence-corrected chi connectivity index (χ2v) is 5.59. The Hall–Kier alpha value is -1.17. The van der Waals surface area contributed by atoms with Gasteiger partial charge in [-0.05, 0) is 41.0 Å². The molecule has 100 valence electrons. The number of aromatic nitrogens is 2. The van der Waals surface area contributed by atoms with Gasteiger partial charge in [-0.1, -0.05) is 43.7 Å². The lowest BCUT2D eigenvalue weighted by Crippen LogP contribution is -2.18. The maximum absolute atomic E-state index is 11.8. The van der Waals surface area contributed by atoms with Crippen LogP contribution in [0.3, 0.4) is 0 Å². The minimum atomic E-state index is -0.0119. The molecule has 0 atom stereocenters. The molecule has 19 heavy (non-hydrogen) atoms. The number of aromatic amines is 1. The van der Waals surface area contributed by atoms with Crippen molar-refractivity contribution < 1.29 is 0 Å². The lowest BCUT2D eigenvalue weighted by atomic mass is 10.1. The molecule has 0 aliphatic carbocycles. The van der Waals surface area contributed by atoms with E-state index in [1.807, 2.05) is 18.2 Å². The SMILES string of the molecule is CCCc1nc(CCc2ccccc2)[nH]c(=O)c1I. The van der Waals surface area contributed by atoms with E-state index in [0.717, 1.165) is 40.8 Å². The van der Waals surface area contributed by atoms with Crippen molar-refractivity contribution in [2.75, 3.05) is 0 Å². The normalized spacial score (nSPS) is 10.6. The second-order valence-electron chi connectivity index (χ2n) is 4.51. The molecule has 0 saturated heterocycles. The maximum atomic E-state index is 11.8. The first-order valence-electron chi connectivity index (χ1n) is 6.52. The van der Waals surface area contributed by atoms with Gasteiger partial charge in [-0.2, -0.15) is 0 Å². The zero-order valence-electron chi connectivity index (χ0n) is 10.9. The highest BCUT2D eigenvalue weighted by Crippen LogP contribution is 2.09. The largest absolute Gasteiger partial charge is 0.310 e. The molecule has 0 fully saturated rings. The van der Waals surface area contributed by atoms with Crippen molar-refractivity contribution in [1.82, 2.24) is 9.97 Å². The number of aryl methyl sites for hydroxylation is 3. The van der Waals surface area contributed by atoms with Gasteiger partial charge < -0.3 is 4.98 Å². The Morgan fingerprint density at radius 2 is 1.89 bits per heavy atom. The van der Waals surface area contributed by atoms with Crippen LogP contribution in [0.4, 0.5) is 0 Å². The van der Waals surface area contributed by atoms with E-state index < -0.39 is 0 Å². The average molecular weight is 368 g/mol. The van der Waals surface area contributed by atoms with Crippen LogP contribution < -0.4 is 5.56 Å². The first-order chi connectivity index (χ1) is 9.20. The molecule has 0 aliphatic rings. The van der Waals surface area contributed by atoms with Gasteiger partial charge >= 0.3 is 0 Å². The molecule has 0 amide bonds. The van der Waals surface area contributed by atoms with Crippen molar-refractivity contribution in [2.45, 2.75) is 32.6 Å². The molecule has 4 heteroatoms. The molecule has 1 heterocycles. The van der Waals surface area contributed by atoms with Gasteiger partial charge in [0.25, 0.3) is 5.56 Å². The van der Waals surface area contributed by atoms with Crippen molar-refractivity contribution in [3.05, 3.63) is 61.3 Å². The van der Waals surface area contributed by atoms with Crippen LogP contribution in [0, 0.1) is 3.57 Å². The summed E-state index contributed by atoms with van der Waals surface area (Å²) in [5.74, 6) is 0.790. The number of benzene rings is 1. The van der Waals surface area contributed by atoms with Crippen LogP contribution in [0.2, 0.25) is 0 Å². The molecule has 2 aromatic rings. The molecule has 0 spiro atoms. The molecule has 1 N–H and O–H groups in total. The lowest BCUT2D eigenvalue weighted by molar-refractivity contribution is 0.788. The van der Waals surface area contributed by atoms with Crippen LogP contribution >= 0.6 is 22.6 Å². The summed E-state index contributed by atoms with van der Waals surface area (Å²) >= 11 is 2.08. The standard InChI is InChI=1S/C15H17IN2O/c1-2-6-12-14(16)15(19)18-13(17-12)10-9-11-7-4-3-5-8-11/h3-5,7-8H,2,6,9-10H2,1H3,(H,17,18,19). The number of hydrogen-bond acceptors (Lipinski definition) is 2. The Morgan fingerprint density at radius 3 is 2.58 bits per heavy atom. The monoisotopic (exact) mass is 368 g/mol. The van der Waals surface area contributed by atoms with Crippen LogP contribution in [0.15, 0.2) is 35.1 Å². The van der Waals surface area contributed by atoms with E-state index in [1.165, 1.54) is 5.56 Å². The van der Waals surface area contributed by atoms with Crippen LogP contribution in [0.25, 0.3) is 0 Å². The van der Waals surface area contributed by atoms with Gasteiger partial charge in [-0.25, -0.2) is 4.98 Å². The Kier molecular flexibility index (Phi) is 5.13. The van der Waals surface area contributed by atoms with E-state index in [-0.39, 0.29) is 5.56 Å². The highest BCUT2D eigenvalue weighted by Gasteiger charge is 2.08. The van der Waals surface area contributed by atoms with Gasteiger partial charge in [0.2, 0.25) is 0 Å². The van der Waals surface area contributed by atoms with Gasteiger partial charge in [-0.3, -0.25) is 4.79 Å². The van der Waals surface area contributed by atoms with Crippen molar-refractivity contribution in [2.24, 2.45) is 0 Å². The third-order valence-electron chi connectivity index (χ3n) is 2.96. The molecule has 1 aromatic carbocycles. The lowest BCUT2D eigenvalue weighted by Gasteiger charge is -2.06. The van der Waals surface area contributed by atoms with Crippen LogP contribution in [0.1, 0.15) is 30.4 Å². The predicted octanol–water partition coefficient (Wildman–Crippen LogP) is 3.11. The van der Waals surface area contributed by atoms with Gasteiger partial charge in [-0.15, -0.1) is 0 Å². The van der Waals surface area contributed by atoms with E-state index in [1.54, 1.807) is 0 Å². The van der Waals surface area contributed by atoms with Crippen molar-refractivity contribution in [1.29, 1.82) is 0 Å². The highest BCUT2D eigenvalue weighted by molar-refractivity contribution is 14.1. The highest BCUT2D eigenvalue weighted by atomic mass is 127. The average Bonchev–Trinajstić information content (AvgIpc) is 2.43. The second kappa shape index (κ2) is 6.84. The molecular weight excluding hydrogens is 351 g/mol. The molecule has 1 aromatic heterocycles. The number of nitrogens with zero attached hydrogens (tertiary/aromatic N) is 1. The topological polar surface area (TPSA) is 45.8 Å². The molecule has 0 aliphatic heterocycles. The zero-order valence-corrected chi connectivity index (χ0v) is 13.1. The molecular formula is C15H17IN2O. The van der Waals surface area contributed by atoms with Gasteiger partial charge in [0.15, 0.2) is 0 Å². The number of halogens is 1. The summed E-state index contributed by atoms with van der Waals surface area (Å²) < 4.78 is 0.725. The number of hydrogen-bond donors (Lipinski definition) is 1. The summed E-state index contributed by atoms with van der Waals surface area (Å²) in [6.07, 6.45) is 3.54. The smallest absolute Gasteiger partial charge is 0.264 e. The number of rotatable bonds is 5. The van der Waals surface area contributed by atoms with Crippen molar-refractivity contribution in [3.63, 3.8) is 0 Å². The third kappa shape index (κ3) is 3.89. The van der Waals surface area contributed by atoms with Crippen LogP contribution in [-0.4, -0.2) is 9.97 Å². The molecule has 0 bridgehead atoms. The summed E-state index contributed by atoms with van der Waals surface area (Å²) in [7, 11) is 0. The minimum Gasteiger partial charge on any atom is -0.310 e. The summed E-state index contributed by atoms with van der Waals surface area (Å²) in [6, 6.07) is 10.3. The Morgan fingerprint density at radius 1 is 1.16 bits per heavy atom. The third-order valence-corrected chi connectivity index (χ3v) is 4.07. The van der Waals surface area contributed by atoms with Crippen molar-refractivity contribution >= 4 is 22.6 Å². The van der Waals surface area contributed by atoms with Gasteiger partial charge in [0.1, 0.15) is 5.82 Å². The number of H-pyrrole nitrogens is 1. The predicted molar refractivity (Wildman–Crippen MR) is 85.4 cm³/mol. The first-order valence-corrected chi connectivity index (χ1v) is 7.60. The van der Waals surface area contributed by atoms with Crippen LogP contribution in [-0.2, 0) is 19.3 Å². The summed E-state index contributed by atoms with van der Waals surface area (Å²) in [4.78, 5) is 19.3. The molecule has 0 unspecified atom stereocenters. The Balaban J connectivity index is 2.14. The Bertz CT molecular complexity index is 593. The minimum absolute atomic E-state index is 0.0119. The van der Waals surface area contributed by atoms with Crippen molar-refractivity contribution in [3.8, 4) is 0 Å². The van der Waals surface area contributed by atoms with Gasteiger partial charge in [0.05, 0.1) is 9.26 Å². The molecule has 0 saturated carbocycles. The fourth-order valence-electron chi connectivity index (χ4n) is 1.99. The van der Waals surface area contributed by atoms with E-state index in [2.05, 4.69) is 51.6 Å².